The Balaban J connectivity index is 4.27. The lowest BCUT2D eigenvalue weighted by Crippen LogP contribution is -2.24. The van der Waals surface area contributed by atoms with E-state index in [0.717, 1.165) is 0 Å². The zero-order chi connectivity index (χ0) is 15.1. The topological polar surface area (TPSA) is 183 Å². The molecule has 116 valence electrons. The summed E-state index contributed by atoms with van der Waals surface area (Å²) in [7, 11) is -9.49. The molecule has 0 heterocycles. The number of phosphoric acid groups is 2. The molecule has 3 atom stereocenters. The molecular weight excluding hydrogens is 310 g/mol. The molecule has 0 saturated heterocycles. The van der Waals surface area contributed by atoms with Gasteiger partial charge in [-0.25, -0.2) is 9.13 Å². The molecule has 6 N–H and O–H groups in total. The second kappa shape index (κ2) is 8.40. The predicted molar refractivity (Wildman–Crippen MR) is 58.8 cm³/mol. The molecule has 13 heteroatoms. The van der Waals surface area contributed by atoms with Crippen LogP contribution in [0.3, 0.4) is 0 Å². The maximum Gasteiger partial charge on any atom is 0.472 e. The second-order valence-electron chi connectivity index (χ2n) is 3.30. The normalized spacial score (nSPS) is 18.8. The largest absolute Gasteiger partial charge is 0.472 e. The molecule has 0 rings (SSSR count). The molecule has 0 aliphatic rings. The molecule has 0 aromatic heterocycles. The van der Waals surface area contributed by atoms with E-state index in [4.69, 9.17) is 30.0 Å². The van der Waals surface area contributed by atoms with E-state index in [1.54, 1.807) is 0 Å². The van der Waals surface area contributed by atoms with Crippen LogP contribution in [0.5, 0.6) is 0 Å². The SMILES string of the molecule is O=P(O)(O)OCC(CO)OP(=O)(O)OCC(O)CO. The third-order valence-corrected chi connectivity index (χ3v) is 3.08. The van der Waals surface area contributed by atoms with Crippen molar-refractivity contribution >= 4 is 15.6 Å². The molecule has 0 aromatic rings. The first-order valence-electron chi connectivity index (χ1n) is 4.85. The molecule has 0 aromatic carbocycles. The van der Waals surface area contributed by atoms with E-state index in [1.807, 2.05) is 0 Å². The standard InChI is InChI=1S/C6H16O11P2/c7-1-5(9)3-16-19(13,14)17-6(2-8)4-15-18(10,11)12/h5-9H,1-4H2,(H,13,14)(H2,10,11,12). The second-order valence-corrected chi connectivity index (χ2v) is 5.94. The Morgan fingerprint density at radius 3 is 1.95 bits per heavy atom. The van der Waals surface area contributed by atoms with Crippen molar-refractivity contribution in [1.82, 2.24) is 0 Å². The number of phosphoric ester groups is 2. The Morgan fingerprint density at radius 2 is 1.53 bits per heavy atom. The Morgan fingerprint density at radius 1 is 0.947 bits per heavy atom. The Kier molecular flexibility index (Phi) is 8.45. The highest BCUT2D eigenvalue weighted by atomic mass is 31.2. The molecule has 0 spiro atoms. The summed E-state index contributed by atoms with van der Waals surface area (Å²) in [6.45, 7) is -3.12. The van der Waals surface area contributed by atoms with Crippen molar-refractivity contribution in [3.05, 3.63) is 0 Å². The van der Waals surface area contributed by atoms with Crippen LogP contribution in [0.2, 0.25) is 0 Å². The van der Waals surface area contributed by atoms with Crippen molar-refractivity contribution in [2.75, 3.05) is 26.4 Å². The zero-order valence-electron chi connectivity index (χ0n) is 9.60. The van der Waals surface area contributed by atoms with Gasteiger partial charge in [-0.3, -0.25) is 13.6 Å². The van der Waals surface area contributed by atoms with Gasteiger partial charge in [0.1, 0.15) is 12.2 Å². The van der Waals surface area contributed by atoms with Crippen LogP contribution < -0.4 is 0 Å². The quantitative estimate of drug-likeness (QED) is 0.243. The van der Waals surface area contributed by atoms with Crippen LogP contribution in [-0.4, -0.2) is 68.6 Å². The first kappa shape index (κ1) is 19.1. The first-order valence-corrected chi connectivity index (χ1v) is 7.88. The van der Waals surface area contributed by atoms with E-state index in [1.165, 1.54) is 0 Å². The molecule has 0 amide bonds. The summed E-state index contributed by atoms with van der Waals surface area (Å²) < 4.78 is 34.3. The molecule has 0 saturated carbocycles. The van der Waals surface area contributed by atoms with Crippen molar-refractivity contribution < 1.29 is 52.7 Å². The summed E-state index contributed by atoms with van der Waals surface area (Å²) in [4.78, 5) is 25.9. The third kappa shape index (κ3) is 10.5. The summed E-state index contributed by atoms with van der Waals surface area (Å²) in [6.07, 6.45) is -2.92. The van der Waals surface area contributed by atoms with Gasteiger partial charge in [-0.1, -0.05) is 0 Å². The maximum atomic E-state index is 11.3. The van der Waals surface area contributed by atoms with Crippen LogP contribution in [-0.2, 0) is 22.7 Å². The fourth-order valence-electron chi connectivity index (χ4n) is 0.748. The van der Waals surface area contributed by atoms with Crippen molar-refractivity contribution in [2.45, 2.75) is 12.2 Å². The van der Waals surface area contributed by atoms with Gasteiger partial charge in [0.05, 0.1) is 26.4 Å². The monoisotopic (exact) mass is 326 g/mol. The molecule has 0 radical (unpaired) electrons. The smallest absolute Gasteiger partial charge is 0.394 e. The van der Waals surface area contributed by atoms with Gasteiger partial charge in [-0.05, 0) is 0 Å². The van der Waals surface area contributed by atoms with Crippen molar-refractivity contribution in [2.24, 2.45) is 0 Å². The molecule has 0 fully saturated rings. The highest BCUT2D eigenvalue weighted by molar-refractivity contribution is 7.47. The summed E-state index contributed by atoms with van der Waals surface area (Å²) in [5.41, 5.74) is 0. The summed E-state index contributed by atoms with van der Waals surface area (Å²) in [5, 5.41) is 26.1. The molecule has 3 unspecified atom stereocenters. The van der Waals surface area contributed by atoms with Crippen molar-refractivity contribution in [3.63, 3.8) is 0 Å². The highest BCUT2D eigenvalue weighted by Gasteiger charge is 2.29. The minimum Gasteiger partial charge on any atom is -0.394 e. The minimum absolute atomic E-state index is 0.704. The van der Waals surface area contributed by atoms with Crippen LogP contribution in [0.4, 0.5) is 0 Å². The number of hydrogen-bond donors (Lipinski definition) is 6. The first-order chi connectivity index (χ1) is 8.59. The average Bonchev–Trinajstić information content (AvgIpc) is 2.30. The molecule has 0 bridgehead atoms. The van der Waals surface area contributed by atoms with Crippen LogP contribution >= 0.6 is 15.6 Å². The van der Waals surface area contributed by atoms with E-state index >= 15 is 0 Å². The van der Waals surface area contributed by atoms with Gasteiger partial charge >= 0.3 is 15.6 Å². The zero-order valence-corrected chi connectivity index (χ0v) is 11.4. The molecule has 11 nitrogen and oxygen atoms in total. The van der Waals surface area contributed by atoms with Gasteiger partial charge in [0.15, 0.2) is 0 Å². The average molecular weight is 326 g/mol. The van der Waals surface area contributed by atoms with E-state index in [0.29, 0.717) is 0 Å². The van der Waals surface area contributed by atoms with Crippen molar-refractivity contribution in [1.29, 1.82) is 0 Å². The number of aliphatic hydroxyl groups is 3. The van der Waals surface area contributed by atoms with Crippen molar-refractivity contribution in [3.8, 4) is 0 Å². The van der Waals surface area contributed by atoms with Crippen LogP contribution in [0, 0.1) is 0 Å². The van der Waals surface area contributed by atoms with Gasteiger partial charge in [0, 0.05) is 0 Å². The van der Waals surface area contributed by atoms with Crippen LogP contribution in [0.25, 0.3) is 0 Å². The lowest BCUT2D eigenvalue weighted by molar-refractivity contribution is 0.00612. The predicted octanol–water partition coefficient (Wildman–Crippen LogP) is -2.06. The van der Waals surface area contributed by atoms with Gasteiger partial charge in [-0.2, -0.15) is 0 Å². The summed E-state index contributed by atoms with van der Waals surface area (Å²) >= 11 is 0. The van der Waals surface area contributed by atoms with E-state index in [-0.39, 0.29) is 0 Å². The lowest BCUT2D eigenvalue weighted by atomic mass is 10.4. The summed E-state index contributed by atoms with van der Waals surface area (Å²) in [5.74, 6) is 0. The van der Waals surface area contributed by atoms with Crippen LogP contribution in [0.15, 0.2) is 0 Å². The van der Waals surface area contributed by atoms with E-state index in [9.17, 15) is 9.13 Å². The number of rotatable bonds is 10. The number of hydrogen-bond acceptors (Lipinski definition) is 8. The molecule has 0 aliphatic heterocycles. The highest BCUT2D eigenvalue weighted by Crippen LogP contribution is 2.45. The summed E-state index contributed by atoms with van der Waals surface area (Å²) in [6, 6.07) is 0. The lowest BCUT2D eigenvalue weighted by Gasteiger charge is -2.19. The fraction of sp³-hybridized carbons (Fsp3) is 1.00. The maximum absolute atomic E-state index is 11.3. The van der Waals surface area contributed by atoms with Gasteiger partial charge in [0.25, 0.3) is 0 Å². The molecule has 0 aliphatic carbocycles. The van der Waals surface area contributed by atoms with Gasteiger partial charge in [-0.15, -0.1) is 0 Å². The number of aliphatic hydroxyl groups excluding tert-OH is 3. The van der Waals surface area contributed by atoms with Gasteiger partial charge < -0.3 is 30.0 Å². The molecular formula is C6H16O11P2. The Bertz CT molecular complexity index is 340. The fourth-order valence-corrected chi connectivity index (χ4v) is 2.03. The van der Waals surface area contributed by atoms with E-state index < -0.39 is 54.3 Å². The Labute approximate surface area is 108 Å². The Hall–Kier alpha value is 0.1000. The van der Waals surface area contributed by atoms with Gasteiger partial charge in [0.2, 0.25) is 0 Å². The minimum atomic E-state index is -4.81. The third-order valence-electron chi connectivity index (χ3n) is 1.56. The van der Waals surface area contributed by atoms with E-state index in [2.05, 4.69) is 13.6 Å². The molecule has 19 heavy (non-hydrogen) atoms. The van der Waals surface area contributed by atoms with Crippen LogP contribution in [0.1, 0.15) is 0 Å².